The highest BCUT2D eigenvalue weighted by Crippen LogP contribution is 2.30. The van der Waals surface area contributed by atoms with Crippen molar-refractivity contribution in [2.45, 2.75) is 6.92 Å². The molecule has 1 aromatic carbocycles. The molecule has 0 spiro atoms. The number of aromatic nitrogens is 3. The van der Waals surface area contributed by atoms with Crippen molar-refractivity contribution in [1.82, 2.24) is 14.4 Å². The second kappa shape index (κ2) is 9.30. The number of rotatable bonds is 6. The third-order valence-electron chi connectivity index (χ3n) is 5.53. The van der Waals surface area contributed by atoms with Crippen LogP contribution in [0, 0.1) is 0 Å². The van der Waals surface area contributed by atoms with Crippen LogP contribution in [-0.2, 0) is 9.47 Å². The van der Waals surface area contributed by atoms with Gasteiger partial charge in [-0.1, -0.05) is 30.3 Å². The van der Waals surface area contributed by atoms with Crippen molar-refractivity contribution < 1.29 is 14.3 Å². The molecule has 4 aromatic rings. The van der Waals surface area contributed by atoms with Gasteiger partial charge >= 0.3 is 5.97 Å². The first-order valence-electron chi connectivity index (χ1n) is 11.0. The fraction of sp³-hybridized carbons (Fsp3) is 0.240. The summed E-state index contributed by atoms with van der Waals surface area (Å²) in [5.74, 6) is 0.524. The largest absolute Gasteiger partial charge is 0.461 e. The summed E-state index contributed by atoms with van der Waals surface area (Å²) in [5.41, 5.74) is 4.09. The van der Waals surface area contributed by atoms with Crippen LogP contribution in [0.25, 0.3) is 16.9 Å². The predicted molar refractivity (Wildman–Crippen MR) is 127 cm³/mol. The molecule has 0 aliphatic carbocycles. The highest BCUT2D eigenvalue weighted by atomic mass is 16.5. The molecule has 8 heteroatoms. The van der Waals surface area contributed by atoms with E-state index in [9.17, 15) is 4.79 Å². The Bertz CT molecular complexity index is 1250. The Balaban J connectivity index is 1.51. The number of hydrogen-bond donors (Lipinski definition) is 1. The maximum Gasteiger partial charge on any atom is 0.357 e. The number of carbonyl (C=O) groups excluding carboxylic acids is 1. The van der Waals surface area contributed by atoms with Gasteiger partial charge in [0.2, 0.25) is 0 Å². The quantitative estimate of drug-likeness (QED) is 0.448. The van der Waals surface area contributed by atoms with Gasteiger partial charge in [0, 0.05) is 24.8 Å². The molecule has 4 heterocycles. The van der Waals surface area contributed by atoms with E-state index in [-0.39, 0.29) is 0 Å². The normalized spacial score (nSPS) is 13.8. The molecule has 1 N–H and O–H groups in total. The number of imidazole rings is 1. The zero-order chi connectivity index (χ0) is 22.6. The lowest BCUT2D eigenvalue weighted by molar-refractivity contribution is 0.0519. The Labute approximate surface area is 191 Å². The second-order valence-corrected chi connectivity index (χ2v) is 7.64. The number of carbonyl (C=O) groups is 1. The molecule has 1 saturated heterocycles. The maximum absolute atomic E-state index is 12.8. The molecule has 1 fully saturated rings. The fourth-order valence-electron chi connectivity index (χ4n) is 3.95. The van der Waals surface area contributed by atoms with E-state index in [1.807, 2.05) is 67.0 Å². The van der Waals surface area contributed by atoms with Gasteiger partial charge in [-0.2, -0.15) is 0 Å². The molecule has 0 unspecified atom stereocenters. The molecule has 0 bridgehead atoms. The number of hydrogen-bond acceptors (Lipinski definition) is 7. The molecule has 1 aliphatic heterocycles. The number of fused-ring (bicyclic) bond motifs is 1. The molecule has 168 valence electrons. The Kier molecular flexibility index (Phi) is 5.91. The predicted octanol–water partition coefficient (Wildman–Crippen LogP) is 4.15. The van der Waals surface area contributed by atoms with Crippen molar-refractivity contribution in [1.29, 1.82) is 0 Å². The van der Waals surface area contributed by atoms with Crippen LogP contribution in [0.15, 0.2) is 67.0 Å². The topological polar surface area (TPSA) is 81.0 Å². The van der Waals surface area contributed by atoms with Gasteiger partial charge in [0.15, 0.2) is 11.3 Å². The highest BCUT2D eigenvalue weighted by Gasteiger charge is 2.23. The average Bonchev–Trinajstić information content (AvgIpc) is 3.27. The van der Waals surface area contributed by atoms with E-state index in [4.69, 9.17) is 14.5 Å². The highest BCUT2D eigenvalue weighted by molar-refractivity contribution is 5.97. The van der Waals surface area contributed by atoms with Crippen molar-refractivity contribution in [2.75, 3.05) is 43.1 Å². The molecule has 0 radical (unpaired) electrons. The smallest absolute Gasteiger partial charge is 0.357 e. The zero-order valence-electron chi connectivity index (χ0n) is 18.4. The van der Waals surface area contributed by atoms with Crippen molar-refractivity contribution in [3.63, 3.8) is 0 Å². The molecular weight excluding hydrogens is 418 g/mol. The van der Waals surface area contributed by atoms with Crippen LogP contribution in [-0.4, -0.2) is 53.2 Å². The fourth-order valence-corrected chi connectivity index (χ4v) is 3.95. The third-order valence-corrected chi connectivity index (χ3v) is 5.53. The van der Waals surface area contributed by atoms with Crippen LogP contribution in [0.1, 0.15) is 17.4 Å². The summed E-state index contributed by atoms with van der Waals surface area (Å²) in [7, 11) is 0. The minimum absolute atomic E-state index is 0.291. The lowest BCUT2D eigenvalue weighted by atomic mass is 10.1. The molecule has 0 atom stereocenters. The van der Waals surface area contributed by atoms with Gasteiger partial charge in [-0.05, 0) is 31.2 Å². The van der Waals surface area contributed by atoms with E-state index in [0.717, 1.165) is 49.1 Å². The number of morpholine rings is 1. The third kappa shape index (κ3) is 4.25. The van der Waals surface area contributed by atoms with Crippen molar-refractivity contribution in [2.24, 2.45) is 0 Å². The summed E-state index contributed by atoms with van der Waals surface area (Å²) in [4.78, 5) is 24.5. The van der Waals surface area contributed by atoms with Crippen LogP contribution in [0.3, 0.4) is 0 Å². The Morgan fingerprint density at radius 1 is 1.09 bits per heavy atom. The van der Waals surface area contributed by atoms with Crippen molar-refractivity contribution in [3.05, 3.63) is 72.7 Å². The van der Waals surface area contributed by atoms with Gasteiger partial charge in [0.05, 0.1) is 37.4 Å². The Morgan fingerprint density at radius 2 is 1.91 bits per heavy atom. The number of ether oxygens (including phenoxy) is 2. The van der Waals surface area contributed by atoms with Crippen LogP contribution in [0.2, 0.25) is 0 Å². The monoisotopic (exact) mass is 443 g/mol. The number of pyridine rings is 2. The summed E-state index contributed by atoms with van der Waals surface area (Å²) in [5, 5.41) is 3.40. The molecule has 8 nitrogen and oxygen atoms in total. The number of esters is 1. The minimum Gasteiger partial charge on any atom is -0.461 e. The van der Waals surface area contributed by atoms with Gasteiger partial charge in [0.1, 0.15) is 11.5 Å². The molecule has 33 heavy (non-hydrogen) atoms. The van der Waals surface area contributed by atoms with Crippen LogP contribution in [0.5, 0.6) is 0 Å². The number of nitrogens with one attached hydrogen (secondary N) is 1. The Hall–Kier alpha value is -3.91. The van der Waals surface area contributed by atoms with Gasteiger partial charge in [-0.15, -0.1) is 0 Å². The van der Waals surface area contributed by atoms with E-state index in [0.29, 0.717) is 23.6 Å². The molecule has 1 aliphatic rings. The summed E-state index contributed by atoms with van der Waals surface area (Å²) in [6, 6.07) is 17.5. The number of nitrogens with zero attached hydrogens (tertiary/aromatic N) is 4. The van der Waals surface area contributed by atoms with Gasteiger partial charge in [-0.25, -0.2) is 14.8 Å². The van der Waals surface area contributed by atoms with Gasteiger partial charge < -0.3 is 19.7 Å². The van der Waals surface area contributed by atoms with E-state index in [1.54, 1.807) is 11.3 Å². The second-order valence-electron chi connectivity index (χ2n) is 7.64. The summed E-state index contributed by atoms with van der Waals surface area (Å²) >= 11 is 0. The van der Waals surface area contributed by atoms with E-state index in [2.05, 4.69) is 15.2 Å². The lowest BCUT2D eigenvalue weighted by Crippen LogP contribution is -2.36. The van der Waals surface area contributed by atoms with E-state index in [1.165, 1.54) is 0 Å². The molecule has 3 aromatic heterocycles. The first kappa shape index (κ1) is 21.0. The van der Waals surface area contributed by atoms with Crippen LogP contribution < -0.4 is 10.2 Å². The first-order valence-corrected chi connectivity index (χ1v) is 11.0. The van der Waals surface area contributed by atoms with Crippen molar-refractivity contribution in [3.8, 4) is 11.3 Å². The molecule has 0 saturated carbocycles. The van der Waals surface area contributed by atoms with Gasteiger partial charge in [-0.3, -0.25) is 4.40 Å². The lowest BCUT2D eigenvalue weighted by Gasteiger charge is -2.27. The summed E-state index contributed by atoms with van der Waals surface area (Å²) < 4.78 is 12.5. The molecular formula is C25H25N5O3. The molecule has 0 amide bonds. The average molecular weight is 444 g/mol. The van der Waals surface area contributed by atoms with E-state index >= 15 is 0 Å². The van der Waals surface area contributed by atoms with Crippen LogP contribution >= 0.6 is 0 Å². The van der Waals surface area contributed by atoms with Crippen LogP contribution in [0.4, 0.5) is 17.2 Å². The first-order chi connectivity index (χ1) is 16.2. The van der Waals surface area contributed by atoms with Gasteiger partial charge in [0.25, 0.3) is 0 Å². The molecule has 5 rings (SSSR count). The number of anilines is 3. The Morgan fingerprint density at radius 3 is 2.64 bits per heavy atom. The van der Waals surface area contributed by atoms with Crippen molar-refractivity contribution >= 4 is 28.8 Å². The van der Waals surface area contributed by atoms with E-state index < -0.39 is 5.97 Å². The zero-order valence-corrected chi connectivity index (χ0v) is 18.4. The maximum atomic E-state index is 12.8. The standard InChI is InChI=1S/C25H25N5O3/c1-2-33-25(31)23-22(18-7-4-3-5-8-18)28-24-20(9-6-12-30(23)24)27-19-10-11-21(26-17-19)29-13-15-32-16-14-29/h3-12,17,27H,2,13-16H2,1H3. The number of benzene rings is 1. The summed E-state index contributed by atoms with van der Waals surface area (Å²) in [6.45, 7) is 5.20. The summed E-state index contributed by atoms with van der Waals surface area (Å²) in [6.07, 6.45) is 3.63. The minimum atomic E-state index is -0.405. The SMILES string of the molecule is CCOC(=O)c1c(-c2ccccc2)nc2c(Nc3ccc(N4CCOCC4)nc3)cccn12.